The second kappa shape index (κ2) is 5.44. The van der Waals surface area contributed by atoms with Gasteiger partial charge in [-0.05, 0) is 26.2 Å². The van der Waals surface area contributed by atoms with Crippen LogP contribution in [0.1, 0.15) is 6.92 Å². The lowest BCUT2D eigenvalue weighted by Gasteiger charge is -2.33. The molecule has 2 nitrogen and oxygen atoms in total. The predicted molar refractivity (Wildman–Crippen MR) is 69.9 cm³/mol. The highest BCUT2D eigenvalue weighted by atomic mass is 28.4. The van der Waals surface area contributed by atoms with Gasteiger partial charge in [0.25, 0.3) is 0 Å². The minimum absolute atomic E-state index is 0.911. The topological polar surface area (TPSA) is 12.5 Å². The maximum absolute atomic E-state index is 5.88. The molecule has 86 valence electrons. The first-order chi connectivity index (χ1) is 6.17. The molecule has 0 fully saturated rings. The predicted octanol–water partition coefficient (Wildman–Crippen LogP) is 2.99. The van der Waals surface area contributed by atoms with E-state index in [1.807, 2.05) is 0 Å². The Hall–Kier alpha value is 0.354. The fraction of sp³-hybridized carbons (Fsp3) is 1.00. The summed E-state index contributed by atoms with van der Waals surface area (Å²) in [6.45, 7) is 19.3. The van der Waals surface area contributed by atoms with Crippen molar-refractivity contribution in [3.05, 3.63) is 0 Å². The fourth-order valence-electron chi connectivity index (χ4n) is 1.43. The Morgan fingerprint density at radius 2 is 1.50 bits per heavy atom. The summed E-state index contributed by atoms with van der Waals surface area (Å²) in [6, 6.07) is 0. The van der Waals surface area contributed by atoms with Crippen LogP contribution in [0.25, 0.3) is 0 Å². The van der Waals surface area contributed by atoms with Gasteiger partial charge in [-0.25, -0.2) is 0 Å². The average molecular weight is 234 g/mol. The van der Waals surface area contributed by atoms with Crippen LogP contribution in [0.3, 0.4) is 0 Å². The minimum atomic E-state index is -1.31. The van der Waals surface area contributed by atoms with Gasteiger partial charge in [-0.15, -0.1) is 0 Å². The van der Waals surface area contributed by atoms with Crippen LogP contribution in [0.2, 0.25) is 39.3 Å². The van der Waals surface area contributed by atoms with Gasteiger partial charge in [-0.3, -0.25) is 0 Å². The second-order valence-corrected chi connectivity index (χ2v) is 15.2. The normalized spacial score (nSPS) is 13.7. The molecule has 0 bridgehead atoms. The number of hydrogen-bond donors (Lipinski definition) is 0. The van der Waals surface area contributed by atoms with Crippen molar-refractivity contribution in [3.63, 3.8) is 0 Å². The molecule has 0 saturated carbocycles. The third-order valence-corrected chi connectivity index (χ3v) is 5.73. The van der Waals surface area contributed by atoms with E-state index in [0.29, 0.717) is 0 Å². The van der Waals surface area contributed by atoms with Crippen molar-refractivity contribution in [1.82, 2.24) is 4.57 Å². The minimum Gasteiger partial charge on any atom is -0.416 e. The molecule has 0 radical (unpaired) electrons. The highest BCUT2D eigenvalue weighted by molar-refractivity contribution is 6.73. The van der Waals surface area contributed by atoms with Gasteiger partial charge in [0.1, 0.15) is 8.24 Å². The molecule has 0 spiro atoms. The molecular weight excluding hydrogens is 206 g/mol. The molecule has 0 N–H and O–H groups in total. The second-order valence-electron chi connectivity index (χ2n) is 5.71. The first kappa shape index (κ1) is 14.4. The Morgan fingerprint density at radius 1 is 1.00 bits per heavy atom. The van der Waals surface area contributed by atoms with E-state index in [-0.39, 0.29) is 0 Å². The summed E-state index contributed by atoms with van der Waals surface area (Å²) >= 11 is 0. The van der Waals surface area contributed by atoms with Crippen LogP contribution in [0, 0.1) is 0 Å². The molecule has 0 aromatic heterocycles. The molecular formula is C10H27NOSi2. The van der Waals surface area contributed by atoms with Crippen LogP contribution in [-0.2, 0) is 4.43 Å². The first-order valence-corrected chi connectivity index (χ1v) is 12.4. The summed E-state index contributed by atoms with van der Waals surface area (Å²) in [4.78, 5) is 0. The standard InChI is InChI=1S/C10H27NOSi2/c1-8-11(13(2,3)4)9-10-12-14(5,6)7/h8-10H2,1-7H3. The van der Waals surface area contributed by atoms with Gasteiger partial charge in [0.05, 0.1) is 0 Å². The summed E-state index contributed by atoms with van der Waals surface area (Å²) in [6.07, 6.45) is 0. The zero-order valence-electron chi connectivity index (χ0n) is 11.0. The summed E-state index contributed by atoms with van der Waals surface area (Å²) in [5.74, 6) is 0. The van der Waals surface area contributed by atoms with Crippen molar-refractivity contribution >= 4 is 16.6 Å². The van der Waals surface area contributed by atoms with Gasteiger partial charge in [0, 0.05) is 13.2 Å². The van der Waals surface area contributed by atoms with Crippen LogP contribution in [0.15, 0.2) is 0 Å². The lowest BCUT2D eigenvalue weighted by Crippen LogP contribution is -2.48. The molecule has 0 saturated heterocycles. The Kier molecular flexibility index (Phi) is 5.58. The van der Waals surface area contributed by atoms with Crippen molar-refractivity contribution in [2.24, 2.45) is 0 Å². The van der Waals surface area contributed by atoms with Gasteiger partial charge in [-0.2, -0.15) is 0 Å². The monoisotopic (exact) mass is 233 g/mol. The Labute approximate surface area is 91.9 Å². The van der Waals surface area contributed by atoms with E-state index in [0.717, 1.165) is 19.7 Å². The first-order valence-electron chi connectivity index (χ1n) is 5.56. The molecule has 0 heterocycles. The smallest absolute Gasteiger partial charge is 0.183 e. The number of likely N-dealkylation sites (N-methyl/N-ethyl adjacent to an activating group) is 1. The van der Waals surface area contributed by atoms with E-state index >= 15 is 0 Å². The molecule has 0 rings (SSSR count). The highest BCUT2D eigenvalue weighted by Crippen LogP contribution is 2.09. The van der Waals surface area contributed by atoms with Crippen LogP contribution in [0.5, 0.6) is 0 Å². The van der Waals surface area contributed by atoms with E-state index in [9.17, 15) is 0 Å². The van der Waals surface area contributed by atoms with Crippen molar-refractivity contribution in [2.75, 3.05) is 19.7 Å². The quantitative estimate of drug-likeness (QED) is 0.654. The largest absolute Gasteiger partial charge is 0.416 e. The molecule has 0 aromatic rings. The van der Waals surface area contributed by atoms with Gasteiger partial charge < -0.3 is 8.99 Å². The van der Waals surface area contributed by atoms with E-state index < -0.39 is 16.6 Å². The molecule has 0 aliphatic heterocycles. The maximum Gasteiger partial charge on any atom is 0.183 e. The molecule has 0 unspecified atom stereocenters. The number of rotatable bonds is 6. The van der Waals surface area contributed by atoms with Crippen LogP contribution >= 0.6 is 0 Å². The molecule has 14 heavy (non-hydrogen) atoms. The molecule has 0 aromatic carbocycles. The van der Waals surface area contributed by atoms with Gasteiger partial charge in [0.15, 0.2) is 8.32 Å². The Morgan fingerprint density at radius 3 is 1.79 bits per heavy atom. The van der Waals surface area contributed by atoms with Crippen molar-refractivity contribution in [3.8, 4) is 0 Å². The summed E-state index contributed by atoms with van der Waals surface area (Å²) in [5, 5.41) is 0. The highest BCUT2D eigenvalue weighted by Gasteiger charge is 2.22. The molecule has 0 atom stereocenters. The summed E-state index contributed by atoms with van der Waals surface area (Å²) < 4.78 is 8.47. The summed E-state index contributed by atoms with van der Waals surface area (Å²) in [7, 11) is -2.42. The van der Waals surface area contributed by atoms with Crippen molar-refractivity contribution in [1.29, 1.82) is 0 Å². The van der Waals surface area contributed by atoms with E-state index in [1.165, 1.54) is 0 Å². The maximum atomic E-state index is 5.88. The molecule has 0 amide bonds. The van der Waals surface area contributed by atoms with Gasteiger partial charge >= 0.3 is 0 Å². The van der Waals surface area contributed by atoms with Crippen LogP contribution in [0.4, 0.5) is 0 Å². The third-order valence-electron chi connectivity index (χ3n) is 2.23. The van der Waals surface area contributed by atoms with Crippen LogP contribution < -0.4 is 0 Å². The zero-order chi connectivity index (χ0) is 11.4. The van der Waals surface area contributed by atoms with E-state index in [2.05, 4.69) is 50.8 Å². The van der Waals surface area contributed by atoms with Crippen molar-refractivity contribution < 1.29 is 4.43 Å². The lowest BCUT2D eigenvalue weighted by molar-refractivity contribution is 0.268. The SMILES string of the molecule is CCN(CCO[Si](C)(C)C)[Si](C)(C)C. The molecule has 4 heteroatoms. The van der Waals surface area contributed by atoms with Crippen LogP contribution in [-0.4, -0.2) is 40.8 Å². The average Bonchev–Trinajstić information content (AvgIpc) is 1.93. The number of nitrogens with zero attached hydrogens (tertiary/aromatic N) is 1. The van der Waals surface area contributed by atoms with Crippen molar-refractivity contribution in [2.45, 2.75) is 46.2 Å². The van der Waals surface area contributed by atoms with Gasteiger partial charge in [-0.1, -0.05) is 26.6 Å². The number of hydrogen-bond acceptors (Lipinski definition) is 2. The third kappa shape index (κ3) is 6.76. The van der Waals surface area contributed by atoms with E-state index in [1.54, 1.807) is 0 Å². The Bertz CT molecular complexity index is 160. The fourth-order valence-corrected chi connectivity index (χ4v) is 3.84. The lowest BCUT2D eigenvalue weighted by atomic mass is 10.6. The van der Waals surface area contributed by atoms with E-state index in [4.69, 9.17) is 4.43 Å². The zero-order valence-corrected chi connectivity index (χ0v) is 13.0. The summed E-state index contributed by atoms with van der Waals surface area (Å²) in [5.41, 5.74) is 0. The molecule has 0 aliphatic carbocycles. The Balaban J connectivity index is 3.87. The molecule has 0 aliphatic rings. The van der Waals surface area contributed by atoms with Gasteiger partial charge in [0.2, 0.25) is 0 Å².